The summed E-state index contributed by atoms with van der Waals surface area (Å²) in [5, 5.41) is 5.85. The Morgan fingerprint density at radius 2 is 2.00 bits per heavy atom. The number of carbonyl (C=O) groups is 1. The fourth-order valence-corrected chi connectivity index (χ4v) is 4.21. The minimum Gasteiger partial charge on any atom is -0.325 e. The van der Waals surface area contributed by atoms with Crippen molar-refractivity contribution >= 4 is 34.7 Å². The molecule has 3 rings (SSSR count). The van der Waals surface area contributed by atoms with Gasteiger partial charge in [-0.3, -0.25) is 4.79 Å². The Bertz CT molecular complexity index is 873. The Labute approximate surface area is 156 Å². The third kappa shape index (κ3) is 5.18. The summed E-state index contributed by atoms with van der Waals surface area (Å²) in [6, 6.07) is 16.2. The third-order valence-electron chi connectivity index (χ3n) is 3.71. The van der Waals surface area contributed by atoms with Gasteiger partial charge in [-0.1, -0.05) is 35.9 Å². The fourth-order valence-electron chi connectivity index (χ4n) is 2.40. The van der Waals surface area contributed by atoms with E-state index >= 15 is 0 Å². The van der Waals surface area contributed by atoms with Crippen molar-refractivity contribution in [2.75, 3.05) is 5.32 Å². The second-order valence-electron chi connectivity index (χ2n) is 5.88. The van der Waals surface area contributed by atoms with Crippen LogP contribution in [0.25, 0.3) is 0 Å². The highest BCUT2D eigenvalue weighted by Crippen LogP contribution is 2.24. The number of para-hydroxylation sites is 1. The maximum absolute atomic E-state index is 12.2. The minimum absolute atomic E-state index is 0.0264. The molecule has 3 aromatic rings. The maximum atomic E-state index is 12.2. The molecule has 0 spiro atoms. The van der Waals surface area contributed by atoms with Gasteiger partial charge in [-0.25, -0.2) is 4.98 Å². The van der Waals surface area contributed by atoms with Gasteiger partial charge in [-0.2, -0.15) is 0 Å². The van der Waals surface area contributed by atoms with E-state index in [1.165, 1.54) is 10.5 Å². The molecule has 1 amide bonds. The number of anilines is 1. The Hall–Kier alpha value is -2.11. The predicted molar refractivity (Wildman–Crippen MR) is 106 cm³/mol. The minimum atomic E-state index is -0.0264. The fraction of sp³-hybridized carbons (Fsp3) is 0.200. The number of hydrogen-bond acceptors (Lipinski definition) is 4. The van der Waals surface area contributed by atoms with Gasteiger partial charge in [0.25, 0.3) is 0 Å². The van der Waals surface area contributed by atoms with Crippen molar-refractivity contribution in [1.82, 2.24) is 4.98 Å². The molecule has 25 heavy (non-hydrogen) atoms. The number of rotatable bonds is 6. The summed E-state index contributed by atoms with van der Waals surface area (Å²) in [4.78, 5) is 18.0. The monoisotopic (exact) mass is 368 g/mol. The summed E-state index contributed by atoms with van der Waals surface area (Å²) in [5.41, 5.74) is 4.21. The van der Waals surface area contributed by atoms with E-state index in [2.05, 4.69) is 41.5 Å². The predicted octanol–water partition coefficient (Wildman–Crippen LogP) is 5.23. The highest BCUT2D eigenvalue weighted by Gasteiger charge is 2.10. The van der Waals surface area contributed by atoms with Crippen molar-refractivity contribution in [3.05, 3.63) is 75.7 Å². The second-order valence-corrected chi connectivity index (χ2v) is 7.87. The van der Waals surface area contributed by atoms with Gasteiger partial charge < -0.3 is 5.32 Å². The SMILES string of the molecule is Cc1cccc(SCc2csc(CC(=O)Nc3ccccc3C)n2)c1. The van der Waals surface area contributed by atoms with Crippen LogP contribution < -0.4 is 5.32 Å². The number of hydrogen-bond donors (Lipinski definition) is 1. The molecule has 1 heterocycles. The summed E-state index contributed by atoms with van der Waals surface area (Å²) in [7, 11) is 0. The first-order valence-electron chi connectivity index (χ1n) is 8.08. The van der Waals surface area contributed by atoms with E-state index in [0.29, 0.717) is 6.42 Å². The molecule has 0 aliphatic heterocycles. The zero-order chi connectivity index (χ0) is 17.6. The quantitative estimate of drug-likeness (QED) is 0.606. The lowest BCUT2D eigenvalue weighted by atomic mass is 10.2. The van der Waals surface area contributed by atoms with Crippen LogP contribution in [0.1, 0.15) is 21.8 Å². The molecular weight excluding hydrogens is 348 g/mol. The van der Waals surface area contributed by atoms with Gasteiger partial charge in [0.2, 0.25) is 5.91 Å². The van der Waals surface area contributed by atoms with E-state index in [1.807, 2.05) is 36.6 Å². The van der Waals surface area contributed by atoms with Gasteiger partial charge in [0.1, 0.15) is 5.01 Å². The smallest absolute Gasteiger partial charge is 0.231 e. The lowest BCUT2D eigenvalue weighted by molar-refractivity contribution is -0.115. The zero-order valence-electron chi connectivity index (χ0n) is 14.3. The number of benzene rings is 2. The molecule has 0 fully saturated rings. The van der Waals surface area contributed by atoms with Crippen molar-refractivity contribution in [1.29, 1.82) is 0 Å². The Kier molecular flexibility index (Phi) is 5.89. The summed E-state index contributed by atoms with van der Waals surface area (Å²) in [5.74, 6) is 0.792. The number of aromatic nitrogens is 1. The molecule has 0 unspecified atom stereocenters. The van der Waals surface area contributed by atoms with Crippen molar-refractivity contribution in [2.24, 2.45) is 0 Å². The van der Waals surface area contributed by atoms with E-state index in [9.17, 15) is 4.79 Å². The molecular formula is C20H20N2OS2. The van der Waals surface area contributed by atoms with Crippen molar-refractivity contribution in [3.63, 3.8) is 0 Å². The molecule has 3 nitrogen and oxygen atoms in total. The number of thioether (sulfide) groups is 1. The van der Waals surface area contributed by atoms with Crippen molar-refractivity contribution in [2.45, 2.75) is 30.9 Å². The van der Waals surface area contributed by atoms with Crippen LogP contribution in [0.2, 0.25) is 0 Å². The van der Waals surface area contributed by atoms with Gasteiger partial charge in [0.15, 0.2) is 0 Å². The van der Waals surface area contributed by atoms with Gasteiger partial charge in [-0.05, 0) is 37.6 Å². The van der Waals surface area contributed by atoms with Gasteiger partial charge >= 0.3 is 0 Å². The summed E-state index contributed by atoms with van der Waals surface area (Å²) in [6.45, 7) is 4.08. The highest BCUT2D eigenvalue weighted by atomic mass is 32.2. The number of aryl methyl sites for hydroxylation is 2. The van der Waals surface area contributed by atoms with E-state index in [-0.39, 0.29) is 5.91 Å². The Morgan fingerprint density at radius 1 is 1.16 bits per heavy atom. The van der Waals surface area contributed by atoms with E-state index in [4.69, 9.17) is 0 Å². The molecule has 128 valence electrons. The number of thiazole rings is 1. The van der Waals surface area contributed by atoms with Crippen LogP contribution in [-0.4, -0.2) is 10.9 Å². The maximum Gasteiger partial charge on any atom is 0.231 e. The van der Waals surface area contributed by atoms with Gasteiger partial charge in [-0.15, -0.1) is 23.1 Å². The number of nitrogens with one attached hydrogen (secondary N) is 1. The largest absolute Gasteiger partial charge is 0.325 e. The molecule has 0 radical (unpaired) electrons. The standard InChI is InChI=1S/C20H20N2OS2/c1-14-6-5-8-17(10-14)24-12-16-13-25-20(21-16)11-19(23)22-18-9-4-3-7-15(18)2/h3-10,13H,11-12H2,1-2H3,(H,22,23). The summed E-state index contributed by atoms with van der Waals surface area (Å²) < 4.78 is 0. The normalized spacial score (nSPS) is 10.6. The topological polar surface area (TPSA) is 42.0 Å². The summed E-state index contributed by atoms with van der Waals surface area (Å²) in [6.07, 6.45) is 0.314. The van der Waals surface area contributed by atoms with Crippen LogP contribution in [0.3, 0.4) is 0 Å². The third-order valence-corrected chi connectivity index (χ3v) is 5.63. The van der Waals surface area contributed by atoms with E-state index in [0.717, 1.165) is 27.7 Å². The van der Waals surface area contributed by atoms with Crippen LogP contribution in [0.4, 0.5) is 5.69 Å². The first-order valence-corrected chi connectivity index (χ1v) is 9.95. The van der Waals surface area contributed by atoms with Crippen molar-refractivity contribution in [3.8, 4) is 0 Å². The van der Waals surface area contributed by atoms with Crippen LogP contribution in [0.5, 0.6) is 0 Å². The first kappa shape index (κ1) is 17.7. The average molecular weight is 369 g/mol. The van der Waals surface area contributed by atoms with E-state index in [1.54, 1.807) is 23.1 Å². The molecule has 0 bridgehead atoms. The molecule has 2 aromatic carbocycles. The molecule has 1 N–H and O–H groups in total. The molecule has 1 aromatic heterocycles. The van der Waals surface area contributed by atoms with Crippen LogP contribution in [-0.2, 0) is 17.0 Å². The highest BCUT2D eigenvalue weighted by molar-refractivity contribution is 7.98. The molecule has 0 atom stereocenters. The molecule has 5 heteroatoms. The zero-order valence-corrected chi connectivity index (χ0v) is 15.9. The number of nitrogens with zero attached hydrogens (tertiary/aromatic N) is 1. The van der Waals surface area contributed by atoms with Gasteiger partial charge in [0, 0.05) is 21.7 Å². The molecule has 0 saturated heterocycles. The van der Waals surface area contributed by atoms with E-state index < -0.39 is 0 Å². The Balaban J connectivity index is 1.54. The van der Waals surface area contributed by atoms with Crippen LogP contribution in [0.15, 0.2) is 58.8 Å². The lowest BCUT2D eigenvalue weighted by Crippen LogP contribution is -2.15. The average Bonchev–Trinajstić information content (AvgIpc) is 3.02. The van der Waals surface area contributed by atoms with Crippen molar-refractivity contribution < 1.29 is 4.79 Å². The summed E-state index contributed by atoms with van der Waals surface area (Å²) >= 11 is 3.31. The second kappa shape index (κ2) is 8.32. The number of carbonyl (C=O) groups excluding carboxylic acids is 1. The lowest BCUT2D eigenvalue weighted by Gasteiger charge is -2.06. The van der Waals surface area contributed by atoms with Crippen LogP contribution in [0, 0.1) is 13.8 Å². The number of amides is 1. The molecule has 0 saturated carbocycles. The molecule has 0 aliphatic carbocycles. The van der Waals surface area contributed by atoms with Crippen LogP contribution >= 0.6 is 23.1 Å². The Morgan fingerprint density at radius 3 is 2.80 bits per heavy atom. The molecule has 0 aliphatic rings. The van der Waals surface area contributed by atoms with Gasteiger partial charge in [0.05, 0.1) is 12.1 Å². The first-order chi connectivity index (χ1) is 12.1.